The average Bonchev–Trinajstić information content (AvgIpc) is 2.86. The lowest BCUT2D eigenvalue weighted by Gasteiger charge is -2.34. The number of likely N-dealkylation sites (tertiary alicyclic amines) is 1. The molecule has 1 unspecified atom stereocenters. The molecular formula is C20H27ClN4O3. The number of halogens is 1. The third-order valence-corrected chi connectivity index (χ3v) is 5.76. The van der Waals surface area contributed by atoms with Crippen molar-refractivity contribution in [3.05, 3.63) is 34.9 Å². The molecule has 1 spiro atoms. The first-order valence-corrected chi connectivity index (χ1v) is 9.91. The van der Waals surface area contributed by atoms with E-state index in [1.807, 2.05) is 11.8 Å². The molecule has 28 heavy (non-hydrogen) atoms. The van der Waals surface area contributed by atoms with Gasteiger partial charge in [-0.05, 0) is 31.2 Å². The van der Waals surface area contributed by atoms with Crippen molar-refractivity contribution in [2.75, 3.05) is 53.4 Å². The maximum atomic E-state index is 13.1. The fourth-order valence-electron chi connectivity index (χ4n) is 4.14. The lowest BCUT2D eigenvalue weighted by Crippen LogP contribution is -2.47. The van der Waals surface area contributed by atoms with Crippen molar-refractivity contribution in [3.63, 3.8) is 0 Å². The standard InChI is InChI=1S/C20H27ClN4O3/c1-4-23-12-20(11-17(23)26)13-24(9-10-25(14-20)19(28)22(2)3)18(27)15-5-7-16(21)8-6-15/h5-8H,4,9-14H2,1-3H3. The minimum atomic E-state index is -0.447. The third-order valence-electron chi connectivity index (χ3n) is 5.51. The van der Waals surface area contributed by atoms with E-state index in [-0.39, 0.29) is 17.8 Å². The first kappa shape index (κ1) is 20.5. The molecule has 1 aromatic carbocycles. The number of hydrogen-bond acceptors (Lipinski definition) is 3. The van der Waals surface area contributed by atoms with Gasteiger partial charge in [0, 0.05) is 75.8 Å². The number of amides is 4. The molecule has 4 amide bonds. The molecule has 3 rings (SSSR count). The van der Waals surface area contributed by atoms with Crippen molar-refractivity contribution in [1.29, 1.82) is 0 Å². The van der Waals surface area contributed by atoms with Crippen LogP contribution in [-0.2, 0) is 4.79 Å². The Morgan fingerprint density at radius 2 is 1.68 bits per heavy atom. The van der Waals surface area contributed by atoms with E-state index in [0.717, 1.165) is 0 Å². The van der Waals surface area contributed by atoms with Gasteiger partial charge in [0.25, 0.3) is 5.91 Å². The van der Waals surface area contributed by atoms with Gasteiger partial charge in [-0.3, -0.25) is 9.59 Å². The highest BCUT2D eigenvalue weighted by atomic mass is 35.5. The Kier molecular flexibility index (Phi) is 5.84. The van der Waals surface area contributed by atoms with Gasteiger partial charge < -0.3 is 19.6 Å². The zero-order valence-corrected chi connectivity index (χ0v) is 17.4. The van der Waals surface area contributed by atoms with Crippen molar-refractivity contribution in [3.8, 4) is 0 Å². The summed E-state index contributed by atoms with van der Waals surface area (Å²) in [5.41, 5.74) is 0.112. The van der Waals surface area contributed by atoms with Crippen molar-refractivity contribution >= 4 is 29.4 Å². The van der Waals surface area contributed by atoms with Gasteiger partial charge in [-0.2, -0.15) is 0 Å². The number of urea groups is 1. The molecule has 0 saturated carbocycles. The molecule has 2 aliphatic rings. The van der Waals surface area contributed by atoms with Crippen LogP contribution in [0, 0.1) is 5.41 Å². The summed E-state index contributed by atoms with van der Waals surface area (Å²) < 4.78 is 0. The normalized spacial score (nSPS) is 22.6. The van der Waals surface area contributed by atoms with Crippen molar-refractivity contribution in [1.82, 2.24) is 19.6 Å². The van der Waals surface area contributed by atoms with Gasteiger partial charge in [0.2, 0.25) is 5.91 Å². The predicted molar refractivity (Wildman–Crippen MR) is 107 cm³/mol. The van der Waals surface area contributed by atoms with E-state index in [2.05, 4.69) is 0 Å². The second kappa shape index (κ2) is 7.99. The van der Waals surface area contributed by atoms with E-state index in [9.17, 15) is 14.4 Å². The number of hydrogen-bond donors (Lipinski definition) is 0. The van der Waals surface area contributed by atoms with Crippen molar-refractivity contribution in [2.24, 2.45) is 5.41 Å². The number of carbonyl (C=O) groups is 3. The zero-order chi connectivity index (χ0) is 20.5. The number of benzene rings is 1. The van der Waals surface area contributed by atoms with Crippen LogP contribution in [-0.4, -0.2) is 90.8 Å². The van der Waals surface area contributed by atoms with Crippen LogP contribution in [0.1, 0.15) is 23.7 Å². The maximum absolute atomic E-state index is 13.1. The first-order chi connectivity index (χ1) is 13.2. The van der Waals surface area contributed by atoms with E-state index in [4.69, 9.17) is 11.6 Å². The van der Waals surface area contributed by atoms with Crippen LogP contribution in [0.15, 0.2) is 24.3 Å². The third kappa shape index (κ3) is 4.09. The Balaban J connectivity index is 1.89. The molecule has 0 aliphatic carbocycles. The van der Waals surface area contributed by atoms with Gasteiger partial charge in [0.1, 0.15) is 0 Å². The van der Waals surface area contributed by atoms with Gasteiger partial charge >= 0.3 is 6.03 Å². The van der Waals surface area contributed by atoms with Gasteiger partial charge in [0.05, 0.1) is 0 Å². The van der Waals surface area contributed by atoms with Crippen LogP contribution >= 0.6 is 11.6 Å². The Bertz CT molecular complexity index is 767. The van der Waals surface area contributed by atoms with Gasteiger partial charge in [-0.15, -0.1) is 0 Å². The monoisotopic (exact) mass is 406 g/mol. The summed E-state index contributed by atoms with van der Waals surface area (Å²) in [7, 11) is 3.43. The second-order valence-electron chi connectivity index (χ2n) is 7.92. The topological polar surface area (TPSA) is 64.2 Å². The Morgan fingerprint density at radius 1 is 1.07 bits per heavy atom. The first-order valence-electron chi connectivity index (χ1n) is 9.53. The number of carbonyl (C=O) groups excluding carboxylic acids is 3. The molecule has 8 heteroatoms. The largest absolute Gasteiger partial charge is 0.342 e. The van der Waals surface area contributed by atoms with Crippen LogP contribution in [0.5, 0.6) is 0 Å². The molecule has 2 heterocycles. The van der Waals surface area contributed by atoms with Crippen LogP contribution in [0.3, 0.4) is 0 Å². The van der Waals surface area contributed by atoms with Crippen LogP contribution in [0.2, 0.25) is 5.02 Å². The summed E-state index contributed by atoms with van der Waals surface area (Å²) in [6.07, 6.45) is 0.350. The minimum absolute atomic E-state index is 0.0838. The Hall–Kier alpha value is -2.28. The maximum Gasteiger partial charge on any atom is 0.319 e. The summed E-state index contributed by atoms with van der Waals surface area (Å²) in [5, 5.41) is 0.576. The number of rotatable bonds is 2. The highest BCUT2D eigenvalue weighted by Crippen LogP contribution is 2.35. The summed E-state index contributed by atoms with van der Waals surface area (Å²) >= 11 is 5.94. The number of nitrogens with zero attached hydrogens (tertiary/aromatic N) is 4. The molecule has 0 N–H and O–H groups in total. The molecule has 2 aliphatic heterocycles. The SMILES string of the molecule is CCN1CC2(CC1=O)CN(C(=O)c1ccc(Cl)cc1)CCN(C(=O)N(C)C)C2. The average molecular weight is 407 g/mol. The highest BCUT2D eigenvalue weighted by Gasteiger charge is 2.47. The molecule has 0 bridgehead atoms. The lowest BCUT2D eigenvalue weighted by molar-refractivity contribution is -0.127. The molecule has 7 nitrogen and oxygen atoms in total. The van der Waals surface area contributed by atoms with Gasteiger partial charge in [-0.1, -0.05) is 11.6 Å². The summed E-state index contributed by atoms with van der Waals surface area (Å²) in [4.78, 5) is 45.1. The molecule has 1 atom stereocenters. The molecule has 152 valence electrons. The van der Waals surface area contributed by atoms with Gasteiger partial charge in [0.15, 0.2) is 0 Å². The molecule has 1 aromatic rings. The van der Waals surface area contributed by atoms with Crippen LogP contribution in [0.4, 0.5) is 4.79 Å². The van der Waals surface area contributed by atoms with E-state index >= 15 is 0 Å². The molecule has 0 aromatic heterocycles. The Morgan fingerprint density at radius 3 is 2.25 bits per heavy atom. The smallest absolute Gasteiger partial charge is 0.319 e. The van der Waals surface area contributed by atoms with Gasteiger partial charge in [-0.25, -0.2) is 4.79 Å². The molecular weight excluding hydrogens is 380 g/mol. The Labute approximate surface area is 170 Å². The quantitative estimate of drug-likeness (QED) is 0.754. The minimum Gasteiger partial charge on any atom is -0.342 e. The summed E-state index contributed by atoms with van der Waals surface area (Å²) in [5.74, 6) is -0.0156. The fraction of sp³-hybridized carbons (Fsp3) is 0.550. The van der Waals surface area contributed by atoms with Crippen molar-refractivity contribution < 1.29 is 14.4 Å². The molecule has 2 saturated heterocycles. The highest BCUT2D eigenvalue weighted by molar-refractivity contribution is 6.30. The van der Waals surface area contributed by atoms with E-state index in [1.165, 1.54) is 0 Å². The van der Waals surface area contributed by atoms with Crippen LogP contribution < -0.4 is 0 Å². The fourth-order valence-corrected chi connectivity index (χ4v) is 4.26. The van der Waals surface area contributed by atoms with Crippen LogP contribution in [0.25, 0.3) is 0 Å². The second-order valence-corrected chi connectivity index (χ2v) is 8.35. The lowest BCUT2D eigenvalue weighted by atomic mass is 9.85. The van der Waals surface area contributed by atoms with E-state index in [1.54, 1.807) is 53.1 Å². The zero-order valence-electron chi connectivity index (χ0n) is 16.7. The molecule has 2 fully saturated rings. The molecule has 0 radical (unpaired) electrons. The summed E-state index contributed by atoms with van der Waals surface area (Å²) in [6, 6.07) is 6.72. The predicted octanol–water partition coefficient (Wildman–Crippen LogP) is 2.02. The van der Waals surface area contributed by atoms with E-state index < -0.39 is 5.41 Å². The van der Waals surface area contributed by atoms with E-state index in [0.29, 0.717) is 56.3 Å². The van der Waals surface area contributed by atoms with Crippen molar-refractivity contribution in [2.45, 2.75) is 13.3 Å². The summed E-state index contributed by atoms with van der Waals surface area (Å²) in [6.45, 7) is 4.94.